The van der Waals surface area contributed by atoms with Crippen molar-refractivity contribution in [3.05, 3.63) is 162 Å². The van der Waals surface area contributed by atoms with Gasteiger partial charge in [0.25, 0.3) is 0 Å². The van der Waals surface area contributed by atoms with Crippen molar-refractivity contribution in [1.82, 2.24) is 4.98 Å². The van der Waals surface area contributed by atoms with Gasteiger partial charge in [0.05, 0.1) is 11.1 Å². The van der Waals surface area contributed by atoms with Crippen LogP contribution >= 0.6 is 0 Å². The van der Waals surface area contributed by atoms with Gasteiger partial charge in [-0.05, 0) is 73.8 Å². The molecule has 0 saturated carbocycles. The van der Waals surface area contributed by atoms with Crippen LogP contribution in [0.15, 0.2) is 140 Å². The molecule has 0 N–H and O–H groups in total. The van der Waals surface area contributed by atoms with E-state index in [1.54, 1.807) is 0 Å². The van der Waals surface area contributed by atoms with Crippen molar-refractivity contribution in [3.63, 3.8) is 0 Å². The van der Waals surface area contributed by atoms with Crippen molar-refractivity contribution in [2.75, 3.05) is 0 Å². The standard InChI is InChI=1S/C36H23N/c1-3-10-24(11-4-1)26-17-19-32-29(22-26)30-23-27(25-12-5-2-6-13-25)18-20-33(30)36(32)31-15-8-7-14-28(31)35-34(36)16-9-21-37-35/h1-23H. The van der Waals surface area contributed by atoms with Crippen molar-refractivity contribution < 1.29 is 0 Å². The molecule has 0 saturated heterocycles. The molecule has 1 heterocycles. The molecule has 172 valence electrons. The number of fused-ring (bicyclic) bond motifs is 10. The van der Waals surface area contributed by atoms with Gasteiger partial charge in [0, 0.05) is 11.8 Å². The van der Waals surface area contributed by atoms with Gasteiger partial charge in [-0.1, -0.05) is 115 Å². The lowest BCUT2D eigenvalue weighted by atomic mass is 9.70. The van der Waals surface area contributed by atoms with Gasteiger partial charge in [0.15, 0.2) is 0 Å². The maximum atomic E-state index is 4.90. The van der Waals surface area contributed by atoms with Gasteiger partial charge >= 0.3 is 0 Å². The zero-order valence-corrected chi connectivity index (χ0v) is 20.2. The molecular weight excluding hydrogens is 446 g/mol. The molecule has 0 bridgehead atoms. The molecular formula is C36H23N. The topological polar surface area (TPSA) is 12.9 Å². The number of hydrogen-bond acceptors (Lipinski definition) is 1. The number of benzene rings is 5. The summed E-state index contributed by atoms with van der Waals surface area (Å²) in [6.45, 7) is 0. The second-order valence-electron chi connectivity index (χ2n) is 9.95. The van der Waals surface area contributed by atoms with Gasteiger partial charge in [-0.25, -0.2) is 0 Å². The summed E-state index contributed by atoms with van der Waals surface area (Å²) in [5.41, 5.74) is 14.8. The van der Waals surface area contributed by atoms with Crippen molar-refractivity contribution in [2.45, 2.75) is 5.41 Å². The summed E-state index contributed by atoms with van der Waals surface area (Å²) in [5.74, 6) is 0. The Morgan fingerprint density at radius 1 is 0.378 bits per heavy atom. The van der Waals surface area contributed by atoms with E-state index in [1.807, 2.05) is 6.20 Å². The van der Waals surface area contributed by atoms with Gasteiger partial charge in [-0.3, -0.25) is 4.98 Å². The second kappa shape index (κ2) is 7.62. The maximum absolute atomic E-state index is 4.90. The minimum Gasteiger partial charge on any atom is -0.256 e. The van der Waals surface area contributed by atoms with Crippen LogP contribution in [0.25, 0.3) is 44.6 Å². The summed E-state index contributed by atoms with van der Waals surface area (Å²) < 4.78 is 0. The van der Waals surface area contributed by atoms with E-state index in [0.29, 0.717) is 0 Å². The molecule has 0 radical (unpaired) electrons. The average Bonchev–Trinajstić information content (AvgIpc) is 3.44. The Balaban J connectivity index is 1.48. The summed E-state index contributed by atoms with van der Waals surface area (Å²) in [4.78, 5) is 4.90. The summed E-state index contributed by atoms with van der Waals surface area (Å²) in [6, 6.07) is 48.6. The van der Waals surface area contributed by atoms with Crippen molar-refractivity contribution in [1.29, 1.82) is 0 Å². The number of hydrogen-bond donors (Lipinski definition) is 0. The first kappa shape index (κ1) is 20.4. The SMILES string of the molecule is c1ccc(-c2ccc3c(c2)-c2cc(-c4ccccc4)ccc2C32c3ccccc3-c3ncccc32)cc1. The fourth-order valence-electron chi connectivity index (χ4n) is 6.62. The number of rotatable bonds is 2. The van der Waals surface area contributed by atoms with Gasteiger partial charge in [0.2, 0.25) is 0 Å². The smallest absolute Gasteiger partial charge is 0.0753 e. The zero-order chi connectivity index (χ0) is 24.4. The lowest BCUT2D eigenvalue weighted by Crippen LogP contribution is -2.25. The molecule has 0 fully saturated rings. The van der Waals surface area contributed by atoms with Gasteiger partial charge in [0.1, 0.15) is 0 Å². The number of aromatic nitrogens is 1. The molecule has 37 heavy (non-hydrogen) atoms. The average molecular weight is 470 g/mol. The molecule has 0 aliphatic heterocycles. The van der Waals surface area contributed by atoms with Crippen LogP contribution in [0, 0.1) is 0 Å². The molecule has 5 aromatic carbocycles. The van der Waals surface area contributed by atoms with Gasteiger partial charge < -0.3 is 0 Å². The lowest BCUT2D eigenvalue weighted by molar-refractivity contribution is 0.791. The van der Waals surface area contributed by atoms with Crippen LogP contribution in [0.4, 0.5) is 0 Å². The van der Waals surface area contributed by atoms with E-state index in [1.165, 1.54) is 61.2 Å². The monoisotopic (exact) mass is 469 g/mol. The quantitative estimate of drug-likeness (QED) is 0.247. The highest BCUT2D eigenvalue weighted by atomic mass is 14.7. The molecule has 2 aliphatic rings. The third-order valence-corrected chi connectivity index (χ3v) is 8.15. The van der Waals surface area contributed by atoms with Crippen LogP contribution in [0.3, 0.4) is 0 Å². The maximum Gasteiger partial charge on any atom is 0.0753 e. The molecule has 1 spiro atoms. The Morgan fingerprint density at radius 2 is 0.892 bits per heavy atom. The van der Waals surface area contributed by atoms with Crippen molar-refractivity contribution in [3.8, 4) is 44.6 Å². The molecule has 1 aromatic heterocycles. The molecule has 0 unspecified atom stereocenters. The van der Waals surface area contributed by atoms with Crippen LogP contribution in [-0.4, -0.2) is 4.98 Å². The van der Waals surface area contributed by atoms with Crippen LogP contribution < -0.4 is 0 Å². The normalized spacial score (nSPS) is 13.6. The highest BCUT2D eigenvalue weighted by Crippen LogP contribution is 2.62. The Morgan fingerprint density at radius 3 is 1.51 bits per heavy atom. The number of nitrogens with zero attached hydrogens (tertiary/aromatic N) is 1. The number of pyridine rings is 1. The third-order valence-electron chi connectivity index (χ3n) is 8.15. The molecule has 0 atom stereocenters. The van der Waals surface area contributed by atoms with Crippen molar-refractivity contribution in [2.24, 2.45) is 0 Å². The largest absolute Gasteiger partial charge is 0.256 e. The highest BCUT2D eigenvalue weighted by Gasteiger charge is 2.52. The molecule has 1 nitrogen and oxygen atoms in total. The molecule has 8 rings (SSSR count). The van der Waals surface area contributed by atoms with Crippen LogP contribution in [0.1, 0.15) is 22.3 Å². The first-order chi connectivity index (χ1) is 18.4. The minimum atomic E-state index is -0.366. The van der Waals surface area contributed by atoms with Crippen LogP contribution in [0.5, 0.6) is 0 Å². The molecule has 1 heteroatoms. The Kier molecular flexibility index (Phi) is 4.21. The van der Waals surface area contributed by atoms with Gasteiger partial charge in [-0.15, -0.1) is 0 Å². The van der Waals surface area contributed by atoms with E-state index in [2.05, 4.69) is 133 Å². The lowest BCUT2D eigenvalue weighted by Gasteiger charge is -2.30. The zero-order valence-electron chi connectivity index (χ0n) is 20.2. The van der Waals surface area contributed by atoms with E-state index in [4.69, 9.17) is 4.98 Å². The minimum absolute atomic E-state index is 0.366. The third kappa shape index (κ3) is 2.71. The van der Waals surface area contributed by atoms with Gasteiger partial charge in [-0.2, -0.15) is 0 Å². The molecule has 2 aliphatic carbocycles. The fraction of sp³-hybridized carbons (Fsp3) is 0.0278. The predicted molar refractivity (Wildman–Crippen MR) is 151 cm³/mol. The highest BCUT2D eigenvalue weighted by molar-refractivity contribution is 5.96. The summed E-state index contributed by atoms with van der Waals surface area (Å²) in [5, 5.41) is 0. The molecule has 6 aromatic rings. The van der Waals surface area contributed by atoms with E-state index in [9.17, 15) is 0 Å². The Hall–Kier alpha value is -4.75. The van der Waals surface area contributed by atoms with E-state index < -0.39 is 0 Å². The molecule has 0 amide bonds. The Bertz CT molecular complexity index is 1680. The Labute approximate surface area is 216 Å². The second-order valence-corrected chi connectivity index (χ2v) is 9.95. The van der Waals surface area contributed by atoms with E-state index in [0.717, 1.165) is 5.69 Å². The van der Waals surface area contributed by atoms with E-state index in [-0.39, 0.29) is 5.41 Å². The first-order valence-electron chi connectivity index (χ1n) is 12.8. The summed E-state index contributed by atoms with van der Waals surface area (Å²) >= 11 is 0. The summed E-state index contributed by atoms with van der Waals surface area (Å²) in [6.07, 6.45) is 1.92. The fourth-order valence-corrected chi connectivity index (χ4v) is 6.62. The van der Waals surface area contributed by atoms with E-state index >= 15 is 0 Å². The predicted octanol–water partition coefficient (Wildman–Crippen LogP) is 8.76. The van der Waals surface area contributed by atoms with Crippen LogP contribution in [-0.2, 0) is 5.41 Å². The van der Waals surface area contributed by atoms with Crippen LogP contribution in [0.2, 0.25) is 0 Å². The summed E-state index contributed by atoms with van der Waals surface area (Å²) in [7, 11) is 0. The first-order valence-corrected chi connectivity index (χ1v) is 12.8. The van der Waals surface area contributed by atoms with Crippen molar-refractivity contribution >= 4 is 0 Å².